The van der Waals surface area contributed by atoms with Gasteiger partial charge in [0.2, 0.25) is 0 Å². The molecule has 6 heteroatoms. The molecule has 0 amide bonds. The summed E-state index contributed by atoms with van der Waals surface area (Å²) in [6, 6.07) is 0. The fourth-order valence-corrected chi connectivity index (χ4v) is 2.29. The van der Waals surface area contributed by atoms with Crippen molar-refractivity contribution in [2.75, 3.05) is 17.2 Å². The molecule has 0 atom stereocenters. The number of anilines is 2. The van der Waals surface area contributed by atoms with E-state index in [4.69, 9.17) is 0 Å². The molecule has 0 aliphatic carbocycles. The highest BCUT2D eigenvalue weighted by atomic mass is 32.1. The van der Waals surface area contributed by atoms with Gasteiger partial charge in [-0.1, -0.05) is 6.92 Å². The van der Waals surface area contributed by atoms with Gasteiger partial charge in [0.1, 0.15) is 17.5 Å². The summed E-state index contributed by atoms with van der Waals surface area (Å²) in [5, 5.41) is 8.66. The molecular weight excluding hydrogens is 258 g/mol. The van der Waals surface area contributed by atoms with E-state index < -0.39 is 0 Å². The van der Waals surface area contributed by atoms with Crippen LogP contribution in [-0.4, -0.2) is 21.5 Å². The van der Waals surface area contributed by atoms with Crippen LogP contribution >= 0.6 is 11.3 Å². The molecule has 0 saturated carbocycles. The Morgan fingerprint density at radius 3 is 2.47 bits per heavy atom. The van der Waals surface area contributed by atoms with Crippen molar-refractivity contribution < 1.29 is 0 Å². The third kappa shape index (κ3) is 3.41. The van der Waals surface area contributed by atoms with Gasteiger partial charge in [-0.05, 0) is 13.8 Å². The lowest BCUT2D eigenvalue weighted by atomic mass is 10.2. The van der Waals surface area contributed by atoms with Crippen molar-refractivity contribution in [3.05, 3.63) is 28.0 Å². The van der Waals surface area contributed by atoms with Gasteiger partial charge in [-0.25, -0.2) is 15.0 Å². The van der Waals surface area contributed by atoms with Gasteiger partial charge in [-0.15, -0.1) is 11.3 Å². The Hall–Kier alpha value is -1.69. The zero-order chi connectivity index (χ0) is 13.7. The number of rotatable bonds is 6. The van der Waals surface area contributed by atoms with Crippen LogP contribution in [0.2, 0.25) is 0 Å². The molecule has 0 saturated heterocycles. The van der Waals surface area contributed by atoms with Crippen LogP contribution < -0.4 is 10.6 Å². The maximum absolute atomic E-state index is 4.55. The maximum Gasteiger partial charge on any atom is 0.135 e. The normalized spacial score (nSPS) is 10.5. The second kappa shape index (κ2) is 6.47. The van der Waals surface area contributed by atoms with Gasteiger partial charge >= 0.3 is 0 Å². The van der Waals surface area contributed by atoms with E-state index in [1.54, 1.807) is 11.3 Å². The van der Waals surface area contributed by atoms with Crippen molar-refractivity contribution >= 4 is 23.0 Å². The summed E-state index contributed by atoms with van der Waals surface area (Å²) < 4.78 is 0. The first-order chi connectivity index (χ1) is 9.24. The molecule has 0 aromatic carbocycles. The molecule has 0 aliphatic rings. The average Bonchev–Trinajstić information content (AvgIpc) is 2.93. The molecule has 0 aliphatic heterocycles. The molecule has 2 rings (SSSR count). The number of nitrogens with one attached hydrogen (secondary N) is 2. The van der Waals surface area contributed by atoms with Crippen molar-refractivity contribution in [1.29, 1.82) is 0 Å². The highest BCUT2D eigenvalue weighted by Gasteiger charge is 2.09. The fraction of sp³-hybridized carbons (Fsp3) is 0.462. The summed E-state index contributed by atoms with van der Waals surface area (Å²) in [6.07, 6.45) is 0.823. The molecule has 19 heavy (non-hydrogen) atoms. The number of aromatic nitrogens is 3. The van der Waals surface area contributed by atoms with Gasteiger partial charge < -0.3 is 10.6 Å². The van der Waals surface area contributed by atoms with E-state index in [0.29, 0.717) is 6.54 Å². The second-order valence-corrected chi connectivity index (χ2v) is 4.90. The Kier molecular flexibility index (Phi) is 4.68. The first-order valence-corrected chi connectivity index (χ1v) is 7.41. The van der Waals surface area contributed by atoms with Crippen LogP contribution in [0.5, 0.6) is 0 Å². The smallest absolute Gasteiger partial charge is 0.135 e. The molecule has 0 unspecified atom stereocenters. The monoisotopic (exact) mass is 277 g/mol. The third-order valence-corrected chi connectivity index (χ3v) is 3.41. The summed E-state index contributed by atoms with van der Waals surface area (Å²) >= 11 is 1.60. The predicted octanol–water partition coefficient (Wildman–Crippen LogP) is 2.85. The van der Waals surface area contributed by atoms with E-state index in [9.17, 15) is 0 Å². The third-order valence-electron chi connectivity index (χ3n) is 2.77. The highest BCUT2D eigenvalue weighted by Crippen LogP contribution is 2.20. The molecule has 102 valence electrons. The Balaban J connectivity index is 2.20. The Bertz CT molecular complexity index is 524. The molecule has 2 aromatic rings. The van der Waals surface area contributed by atoms with Crippen LogP contribution in [0, 0.1) is 6.92 Å². The Morgan fingerprint density at radius 1 is 1.16 bits per heavy atom. The van der Waals surface area contributed by atoms with Crippen molar-refractivity contribution in [3.63, 3.8) is 0 Å². The van der Waals surface area contributed by atoms with Crippen LogP contribution in [-0.2, 0) is 13.0 Å². The Labute approximate surface area is 117 Å². The van der Waals surface area contributed by atoms with E-state index in [1.165, 1.54) is 0 Å². The molecule has 2 aromatic heterocycles. The molecule has 5 nitrogen and oxygen atoms in total. The van der Waals surface area contributed by atoms with Gasteiger partial charge in [0, 0.05) is 23.9 Å². The van der Waals surface area contributed by atoms with Gasteiger partial charge in [-0.3, -0.25) is 0 Å². The zero-order valence-corrected chi connectivity index (χ0v) is 12.3. The minimum Gasteiger partial charge on any atom is -0.370 e. The Morgan fingerprint density at radius 2 is 1.89 bits per heavy atom. The first-order valence-electron chi connectivity index (χ1n) is 6.46. The summed E-state index contributed by atoms with van der Waals surface area (Å²) in [6.45, 7) is 7.70. The summed E-state index contributed by atoms with van der Waals surface area (Å²) in [7, 11) is 0. The zero-order valence-electron chi connectivity index (χ0n) is 11.5. The SMILES string of the molecule is CCNc1nc(CC)nc(NCc2cscn2)c1C. The van der Waals surface area contributed by atoms with E-state index in [1.807, 2.05) is 17.8 Å². The minimum atomic E-state index is 0.691. The number of hydrogen-bond donors (Lipinski definition) is 2. The lowest BCUT2D eigenvalue weighted by Gasteiger charge is -2.13. The molecule has 0 bridgehead atoms. The van der Waals surface area contributed by atoms with Crippen LogP contribution in [0.4, 0.5) is 11.6 Å². The van der Waals surface area contributed by atoms with E-state index in [2.05, 4.69) is 39.4 Å². The quantitative estimate of drug-likeness (QED) is 0.850. The van der Waals surface area contributed by atoms with Crippen LogP contribution in [0.1, 0.15) is 30.9 Å². The largest absolute Gasteiger partial charge is 0.370 e. The van der Waals surface area contributed by atoms with Crippen LogP contribution in [0.3, 0.4) is 0 Å². The van der Waals surface area contributed by atoms with E-state index in [-0.39, 0.29) is 0 Å². The van der Waals surface area contributed by atoms with E-state index in [0.717, 1.165) is 41.7 Å². The average molecular weight is 277 g/mol. The molecule has 2 N–H and O–H groups in total. The number of thiazole rings is 1. The predicted molar refractivity (Wildman–Crippen MR) is 79.8 cm³/mol. The summed E-state index contributed by atoms with van der Waals surface area (Å²) in [5.41, 5.74) is 3.92. The molecule has 0 spiro atoms. The van der Waals surface area contributed by atoms with Crippen LogP contribution in [0.25, 0.3) is 0 Å². The minimum absolute atomic E-state index is 0.691. The first kappa shape index (κ1) is 13.7. The topological polar surface area (TPSA) is 62.7 Å². The number of nitrogens with zero attached hydrogens (tertiary/aromatic N) is 3. The standard InChI is InChI=1S/C13H19N5S/c1-4-11-17-12(14-5-2)9(3)13(18-11)15-6-10-7-19-8-16-10/h7-8H,4-6H2,1-3H3,(H2,14,15,17,18). The van der Waals surface area contributed by atoms with Gasteiger partial charge in [0.25, 0.3) is 0 Å². The molecule has 2 heterocycles. The number of hydrogen-bond acceptors (Lipinski definition) is 6. The summed E-state index contributed by atoms with van der Waals surface area (Å²) in [4.78, 5) is 13.3. The summed E-state index contributed by atoms with van der Waals surface area (Å²) in [5.74, 6) is 2.65. The van der Waals surface area contributed by atoms with Gasteiger partial charge in [-0.2, -0.15) is 0 Å². The van der Waals surface area contributed by atoms with Crippen molar-refractivity contribution in [3.8, 4) is 0 Å². The van der Waals surface area contributed by atoms with Gasteiger partial charge in [0.15, 0.2) is 0 Å². The highest BCUT2D eigenvalue weighted by molar-refractivity contribution is 7.07. The van der Waals surface area contributed by atoms with E-state index >= 15 is 0 Å². The van der Waals surface area contributed by atoms with Crippen molar-refractivity contribution in [1.82, 2.24) is 15.0 Å². The second-order valence-electron chi connectivity index (χ2n) is 4.18. The van der Waals surface area contributed by atoms with Crippen LogP contribution in [0.15, 0.2) is 10.9 Å². The maximum atomic E-state index is 4.55. The molecular formula is C13H19N5S. The molecule has 0 fully saturated rings. The fourth-order valence-electron chi connectivity index (χ4n) is 1.73. The number of aryl methyl sites for hydroxylation is 1. The van der Waals surface area contributed by atoms with Crippen molar-refractivity contribution in [2.24, 2.45) is 0 Å². The van der Waals surface area contributed by atoms with Gasteiger partial charge in [0.05, 0.1) is 17.7 Å². The lowest BCUT2D eigenvalue weighted by Crippen LogP contribution is -2.11. The lowest BCUT2D eigenvalue weighted by molar-refractivity contribution is 0.916. The molecule has 0 radical (unpaired) electrons. The van der Waals surface area contributed by atoms with Crippen molar-refractivity contribution in [2.45, 2.75) is 33.7 Å².